The molecule has 11 heteroatoms. The fraction of sp³-hybridized carbons (Fsp3) is 0.320. The van der Waals surface area contributed by atoms with Crippen LogP contribution in [-0.2, 0) is 6.18 Å². The predicted octanol–water partition coefficient (Wildman–Crippen LogP) is 6.12. The van der Waals surface area contributed by atoms with Crippen LogP contribution in [0.15, 0.2) is 66.7 Å². The van der Waals surface area contributed by atoms with Gasteiger partial charge >= 0.3 is 12.4 Å². The van der Waals surface area contributed by atoms with Crippen LogP contribution in [0.2, 0.25) is 0 Å². The van der Waals surface area contributed by atoms with Gasteiger partial charge in [-0.05, 0) is 42.8 Å². The average Bonchev–Trinajstić information content (AvgIpc) is 2.83. The number of para-hydroxylation sites is 2. The largest absolute Gasteiger partial charge is 0.478 e. The summed E-state index contributed by atoms with van der Waals surface area (Å²) in [6.07, 6.45) is -12.2. The van der Waals surface area contributed by atoms with E-state index in [0.29, 0.717) is 29.7 Å². The molecule has 2 unspecified atom stereocenters. The van der Waals surface area contributed by atoms with Gasteiger partial charge in [0, 0.05) is 12.6 Å². The van der Waals surface area contributed by atoms with Crippen molar-refractivity contribution in [3.8, 4) is 5.88 Å². The van der Waals surface area contributed by atoms with E-state index in [4.69, 9.17) is 4.74 Å². The summed E-state index contributed by atoms with van der Waals surface area (Å²) in [5, 5.41) is 9.90. The molecule has 0 saturated carbocycles. The predicted molar refractivity (Wildman–Crippen MR) is 122 cm³/mol. The summed E-state index contributed by atoms with van der Waals surface area (Å²) in [4.78, 5) is 7.49. The number of hydrogen-bond donors (Lipinski definition) is 1. The van der Waals surface area contributed by atoms with Gasteiger partial charge in [-0.3, -0.25) is 0 Å². The third-order valence-corrected chi connectivity index (χ3v) is 5.84. The average molecular weight is 511 g/mol. The number of β-amino-alcohol motifs (C(OH)–C–C–N with tert-alkyl or cyclic N) is 1. The summed E-state index contributed by atoms with van der Waals surface area (Å²) >= 11 is 0. The molecule has 0 spiro atoms. The number of rotatable bonds is 6. The zero-order valence-electron chi connectivity index (χ0n) is 19.1. The molecular formula is C25H23F6N3O2. The fourth-order valence-corrected chi connectivity index (χ4v) is 4.20. The van der Waals surface area contributed by atoms with Crippen molar-refractivity contribution in [2.45, 2.75) is 31.4 Å². The number of pyridine rings is 1. The summed E-state index contributed by atoms with van der Waals surface area (Å²) in [5.74, 6) is 0.749. The second kappa shape index (κ2) is 9.88. The van der Waals surface area contributed by atoms with E-state index in [9.17, 15) is 31.4 Å². The van der Waals surface area contributed by atoms with Crippen LogP contribution in [0, 0.1) is 0 Å². The number of alkyl halides is 6. The van der Waals surface area contributed by atoms with Crippen LogP contribution in [-0.4, -0.2) is 42.1 Å². The molecule has 0 bridgehead atoms. The monoisotopic (exact) mass is 511 g/mol. The van der Waals surface area contributed by atoms with Crippen LogP contribution in [0.5, 0.6) is 5.88 Å². The molecule has 4 rings (SSSR count). The highest BCUT2D eigenvalue weighted by atomic mass is 19.4. The SMILES string of the molecule is CCOc1cccc(N2CC(c3cccc(C(F)(F)F)c3)N(CC(O)C(F)(F)F)c3ccccc32)n1. The van der Waals surface area contributed by atoms with E-state index < -0.39 is 36.6 Å². The zero-order valence-corrected chi connectivity index (χ0v) is 19.1. The number of ether oxygens (including phenoxy) is 1. The molecule has 1 aliphatic heterocycles. The van der Waals surface area contributed by atoms with Crippen molar-refractivity contribution in [2.24, 2.45) is 0 Å². The third-order valence-electron chi connectivity index (χ3n) is 5.84. The standard InChI is InChI=1S/C25H23F6N3O2/c1-2-36-23-12-6-11-22(32-23)34-14-20(16-7-5-8-17(13-16)24(26,27)28)33(15-21(35)25(29,30)31)18-9-3-4-10-19(18)34/h3-13,20-21,35H,2,14-15H2,1H3. The molecular weight excluding hydrogens is 488 g/mol. The first-order valence-electron chi connectivity index (χ1n) is 11.1. The molecule has 0 fully saturated rings. The molecule has 0 saturated heterocycles. The summed E-state index contributed by atoms with van der Waals surface area (Å²) in [6, 6.07) is 15.1. The number of aromatic nitrogens is 1. The Kier molecular flexibility index (Phi) is 7.03. The van der Waals surface area contributed by atoms with Gasteiger partial charge in [0.05, 0.1) is 36.1 Å². The molecule has 2 heterocycles. The van der Waals surface area contributed by atoms with E-state index in [-0.39, 0.29) is 12.1 Å². The lowest BCUT2D eigenvalue weighted by atomic mass is 9.97. The molecule has 0 amide bonds. The number of halogens is 6. The van der Waals surface area contributed by atoms with Crippen molar-refractivity contribution in [1.29, 1.82) is 0 Å². The van der Waals surface area contributed by atoms with Crippen molar-refractivity contribution in [1.82, 2.24) is 4.98 Å². The van der Waals surface area contributed by atoms with Gasteiger partial charge in [0.15, 0.2) is 6.10 Å². The zero-order chi connectivity index (χ0) is 26.1. The van der Waals surface area contributed by atoms with E-state index in [2.05, 4.69) is 4.98 Å². The topological polar surface area (TPSA) is 48.8 Å². The van der Waals surface area contributed by atoms with Crippen molar-refractivity contribution in [2.75, 3.05) is 29.5 Å². The Morgan fingerprint density at radius 1 is 0.972 bits per heavy atom. The lowest BCUT2D eigenvalue weighted by Crippen LogP contribution is -2.48. The highest BCUT2D eigenvalue weighted by Crippen LogP contribution is 2.45. The van der Waals surface area contributed by atoms with Crippen LogP contribution >= 0.6 is 0 Å². The van der Waals surface area contributed by atoms with Crippen LogP contribution in [0.4, 0.5) is 43.5 Å². The molecule has 2 aromatic carbocycles. The molecule has 3 aromatic rings. The van der Waals surface area contributed by atoms with E-state index in [1.807, 2.05) is 0 Å². The Balaban J connectivity index is 1.85. The normalized spacial score (nSPS) is 17.1. The summed E-state index contributed by atoms with van der Waals surface area (Å²) < 4.78 is 85.8. The number of nitrogens with zero attached hydrogens (tertiary/aromatic N) is 3. The Hall–Kier alpha value is -3.47. The maximum absolute atomic E-state index is 13.5. The molecule has 0 aliphatic carbocycles. The van der Waals surface area contributed by atoms with E-state index in [0.717, 1.165) is 12.1 Å². The fourth-order valence-electron chi connectivity index (χ4n) is 4.20. The minimum absolute atomic E-state index is 0.0223. The smallest absolute Gasteiger partial charge is 0.416 e. The number of aliphatic hydroxyl groups is 1. The minimum Gasteiger partial charge on any atom is -0.478 e. The molecule has 1 aromatic heterocycles. The quantitative estimate of drug-likeness (QED) is 0.404. The molecule has 2 atom stereocenters. The number of anilines is 3. The second-order valence-corrected chi connectivity index (χ2v) is 8.22. The number of aliphatic hydroxyl groups excluding tert-OH is 1. The van der Waals surface area contributed by atoms with Gasteiger partial charge < -0.3 is 19.6 Å². The van der Waals surface area contributed by atoms with Gasteiger partial charge in [0.25, 0.3) is 0 Å². The highest BCUT2D eigenvalue weighted by Gasteiger charge is 2.43. The second-order valence-electron chi connectivity index (χ2n) is 8.22. The molecule has 1 N–H and O–H groups in total. The summed E-state index contributed by atoms with van der Waals surface area (Å²) in [5.41, 5.74) is 0.0483. The molecule has 36 heavy (non-hydrogen) atoms. The number of hydrogen-bond acceptors (Lipinski definition) is 5. The van der Waals surface area contributed by atoms with Gasteiger partial charge in [-0.1, -0.05) is 30.3 Å². The van der Waals surface area contributed by atoms with E-state index >= 15 is 0 Å². The van der Waals surface area contributed by atoms with Gasteiger partial charge in [-0.25, -0.2) is 0 Å². The molecule has 5 nitrogen and oxygen atoms in total. The van der Waals surface area contributed by atoms with E-state index in [1.54, 1.807) is 54.3 Å². The van der Waals surface area contributed by atoms with Crippen LogP contribution < -0.4 is 14.5 Å². The Bertz CT molecular complexity index is 1200. The molecule has 192 valence electrons. The summed E-state index contributed by atoms with van der Waals surface area (Å²) in [6.45, 7) is 1.27. The van der Waals surface area contributed by atoms with Crippen molar-refractivity contribution in [3.63, 3.8) is 0 Å². The maximum atomic E-state index is 13.5. The highest BCUT2D eigenvalue weighted by molar-refractivity contribution is 5.79. The van der Waals surface area contributed by atoms with Gasteiger partial charge in [-0.15, -0.1) is 0 Å². The Labute approximate surface area is 203 Å². The lowest BCUT2D eigenvalue weighted by Gasteiger charge is -2.45. The van der Waals surface area contributed by atoms with Crippen molar-refractivity contribution in [3.05, 3.63) is 77.9 Å². The molecule has 0 radical (unpaired) electrons. The Morgan fingerprint density at radius 3 is 2.33 bits per heavy atom. The third kappa shape index (κ3) is 5.35. The van der Waals surface area contributed by atoms with Gasteiger partial charge in [0.2, 0.25) is 5.88 Å². The number of benzene rings is 2. The first kappa shape index (κ1) is 25.6. The number of fused-ring (bicyclic) bond motifs is 1. The van der Waals surface area contributed by atoms with Crippen LogP contribution in [0.3, 0.4) is 0 Å². The van der Waals surface area contributed by atoms with Crippen LogP contribution in [0.1, 0.15) is 24.1 Å². The lowest BCUT2D eigenvalue weighted by molar-refractivity contribution is -0.200. The van der Waals surface area contributed by atoms with Gasteiger partial charge in [0.1, 0.15) is 5.82 Å². The van der Waals surface area contributed by atoms with Crippen molar-refractivity contribution < 1.29 is 36.2 Å². The molecule has 1 aliphatic rings. The maximum Gasteiger partial charge on any atom is 0.416 e. The Morgan fingerprint density at radius 2 is 1.67 bits per heavy atom. The minimum atomic E-state index is -4.90. The van der Waals surface area contributed by atoms with Crippen LogP contribution in [0.25, 0.3) is 0 Å². The first-order valence-corrected chi connectivity index (χ1v) is 11.1. The van der Waals surface area contributed by atoms with Crippen molar-refractivity contribution >= 4 is 17.2 Å². The summed E-state index contributed by atoms with van der Waals surface area (Å²) in [7, 11) is 0. The first-order chi connectivity index (χ1) is 17.0. The van der Waals surface area contributed by atoms with E-state index in [1.165, 1.54) is 17.0 Å². The van der Waals surface area contributed by atoms with Gasteiger partial charge in [-0.2, -0.15) is 31.3 Å².